The minimum atomic E-state index is 0.624. The Morgan fingerprint density at radius 2 is 1.85 bits per heavy atom. The van der Waals surface area contributed by atoms with Crippen LogP contribution in [0.2, 0.25) is 0 Å². The van der Waals surface area contributed by atoms with Gasteiger partial charge in [0.2, 0.25) is 0 Å². The van der Waals surface area contributed by atoms with Gasteiger partial charge in [0.1, 0.15) is 12.6 Å². The van der Waals surface area contributed by atoms with Crippen LogP contribution in [-0.4, -0.2) is 36.9 Å². The molecule has 3 nitrogen and oxygen atoms in total. The summed E-state index contributed by atoms with van der Waals surface area (Å²) in [6.07, 6.45) is 1.29. The van der Waals surface area contributed by atoms with Crippen LogP contribution < -0.4 is 14.4 Å². The van der Waals surface area contributed by atoms with Crippen molar-refractivity contribution in [1.29, 1.82) is 0 Å². The molecule has 0 aromatic heterocycles. The van der Waals surface area contributed by atoms with Crippen molar-refractivity contribution in [1.82, 2.24) is 0 Å². The lowest BCUT2D eigenvalue weighted by Gasteiger charge is -2.30. The van der Waals surface area contributed by atoms with Gasteiger partial charge in [0.05, 0.1) is 30.8 Å². The van der Waals surface area contributed by atoms with E-state index in [0.29, 0.717) is 16.1 Å². The van der Waals surface area contributed by atoms with Crippen molar-refractivity contribution in [2.24, 2.45) is 5.92 Å². The first kappa shape index (κ1) is 18.2. The van der Waals surface area contributed by atoms with Crippen LogP contribution in [-0.2, 0) is 6.54 Å². The van der Waals surface area contributed by atoms with Crippen LogP contribution in [0.3, 0.4) is 0 Å². The van der Waals surface area contributed by atoms with Crippen molar-refractivity contribution in [2.45, 2.75) is 34.0 Å². The molecule has 0 spiro atoms. The van der Waals surface area contributed by atoms with E-state index < -0.39 is 0 Å². The van der Waals surface area contributed by atoms with Crippen molar-refractivity contribution < 1.29 is 14.4 Å². The molecule has 5 atom stereocenters. The molecule has 1 saturated carbocycles. The van der Waals surface area contributed by atoms with Crippen LogP contribution in [0, 0.1) is 5.92 Å². The van der Waals surface area contributed by atoms with Gasteiger partial charge in [-0.3, -0.25) is 0 Å². The summed E-state index contributed by atoms with van der Waals surface area (Å²) in [6, 6.07) is 17.8. The van der Waals surface area contributed by atoms with E-state index in [4.69, 9.17) is 9.47 Å². The molecular formula is C21H25BrNO2S+. The topological polar surface area (TPSA) is 22.9 Å². The number of thioether (sulfide) groups is 1. The SMILES string of the molecule is COc1ccc(S[C@@H]2C[C@H]3C[NH+](Cc4ccccc4)[C@@H]2[C@@H]3Br)cc1OC. The summed E-state index contributed by atoms with van der Waals surface area (Å²) in [5.41, 5.74) is 1.43. The minimum absolute atomic E-state index is 0.624. The molecule has 4 rings (SSSR count). The Morgan fingerprint density at radius 3 is 2.54 bits per heavy atom. The number of hydrogen-bond acceptors (Lipinski definition) is 3. The molecule has 2 aliphatic rings. The van der Waals surface area contributed by atoms with Crippen molar-refractivity contribution in [3.05, 3.63) is 54.1 Å². The lowest BCUT2D eigenvalue weighted by Crippen LogP contribution is -3.15. The molecule has 2 bridgehead atoms. The summed E-state index contributed by atoms with van der Waals surface area (Å²) < 4.78 is 10.8. The molecule has 2 aromatic carbocycles. The molecule has 1 N–H and O–H groups in total. The quantitative estimate of drug-likeness (QED) is 0.704. The molecule has 2 aromatic rings. The molecule has 26 heavy (non-hydrogen) atoms. The minimum Gasteiger partial charge on any atom is -0.493 e. The first-order valence-electron chi connectivity index (χ1n) is 9.11. The second-order valence-corrected chi connectivity index (χ2v) is 9.53. The van der Waals surface area contributed by atoms with E-state index in [-0.39, 0.29) is 0 Å². The van der Waals surface area contributed by atoms with Gasteiger partial charge in [0.25, 0.3) is 0 Å². The molecule has 1 aliphatic carbocycles. The lowest BCUT2D eigenvalue weighted by molar-refractivity contribution is -0.929. The maximum Gasteiger partial charge on any atom is 0.161 e. The van der Waals surface area contributed by atoms with E-state index in [1.54, 1.807) is 19.1 Å². The number of ether oxygens (including phenoxy) is 2. The van der Waals surface area contributed by atoms with Gasteiger partial charge in [-0.1, -0.05) is 46.3 Å². The van der Waals surface area contributed by atoms with E-state index in [9.17, 15) is 0 Å². The Bertz CT molecular complexity index is 757. The summed E-state index contributed by atoms with van der Waals surface area (Å²) >= 11 is 6.01. The number of nitrogens with one attached hydrogen (secondary N) is 1. The zero-order valence-electron chi connectivity index (χ0n) is 15.2. The molecule has 5 heteroatoms. The van der Waals surface area contributed by atoms with E-state index in [2.05, 4.69) is 58.4 Å². The molecule has 2 fully saturated rings. The number of rotatable bonds is 6. The third-order valence-electron chi connectivity index (χ3n) is 5.64. The second kappa shape index (κ2) is 7.83. The molecule has 1 aliphatic heterocycles. The Kier molecular flexibility index (Phi) is 5.48. The number of likely N-dealkylation sites (tertiary alicyclic amines) is 1. The number of hydrogen-bond donors (Lipinski definition) is 1. The fourth-order valence-corrected chi connectivity index (χ4v) is 7.33. The molecule has 1 unspecified atom stereocenters. The summed E-state index contributed by atoms with van der Waals surface area (Å²) in [5.74, 6) is 2.38. The smallest absolute Gasteiger partial charge is 0.161 e. The average molecular weight is 435 g/mol. The summed E-state index contributed by atoms with van der Waals surface area (Å²) in [6.45, 7) is 2.39. The predicted molar refractivity (Wildman–Crippen MR) is 110 cm³/mol. The number of fused-ring (bicyclic) bond motifs is 2. The number of methoxy groups -OCH3 is 2. The molecule has 1 saturated heterocycles. The number of benzene rings is 2. The van der Waals surface area contributed by atoms with E-state index >= 15 is 0 Å². The van der Waals surface area contributed by atoms with Crippen molar-refractivity contribution >= 4 is 27.7 Å². The molecular weight excluding hydrogens is 410 g/mol. The fourth-order valence-electron chi connectivity index (χ4n) is 4.46. The number of piperidine rings is 1. The summed E-state index contributed by atoms with van der Waals surface area (Å²) in [5, 5.41) is 0.634. The Balaban J connectivity index is 1.49. The third kappa shape index (κ3) is 3.49. The summed E-state index contributed by atoms with van der Waals surface area (Å²) in [7, 11) is 3.38. The second-order valence-electron chi connectivity index (χ2n) is 7.16. The van der Waals surface area contributed by atoms with Crippen molar-refractivity contribution in [3.8, 4) is 11.5 Å². The van der Waals surface area contributed by atoms with Gasteiger partial charge < -0.3 is 14.4 Å². The zero-order valence-corrected chi connectivity index (χ0v) is 17.6. The summed E-state index contributed by atoms with van der Waals surface area (Å²) in [4.78, 5) is 3.60. The van der Waals surface area contributed by atoms with Gasteiger partial charge in [-0.25, -0.2) is 0 Å². The number of halogens is 1. The van der Waals surface area contributed by atoms with Crippen LogP contribution in [0.15, 0.2) is 53.4 Å². The number of quaternary nitrogens is 1. The lowest BCUT2D eigenvalue weighted by atomic mass is 10.1. The first-order chi connectivity index (χ1) is 12.7. The average Bonchev–Trinajstić information content (AvgIpc) is 3.13. The molecule has 0 radical (unpaired) electrons. The Labute approximate surface area is 168 Å². The highest BCUT2D eigenvalue weighted by Gasteiger charge is 2.55. The van der Waals surface area contributed by atoms with Crippen molar-refractivity contribution in [3.63, 3.8) is 0 Å². The largest absolute Gasteiger partial charge is 0.493 e. The highest BCUT2D eigenvalue weighted by atomic mass is 79.9. The zero-order chi connectivity index (χ0) is 18.1. The van der Waals surface area contributed by atoms with Gasteiger partial charge in [0, 0.05) is 16.4 Å². The van der Waals surface area contributed by atoms with Gasteiger partial charge in [-0.15, -0.1) is 11.8 Å². The fraction of sp³-hybridized carbons (Fsp3) is 0.429. The van der Waals surface area contributed by atoms with Gasteiger partial charge in [0.15, 0.2) is 11.5 Å². The van der Waals surface area contributed by atoms with Gasteiger partial charge >= 0.3 is 0 Å². The molecule has 0 amide bonds. The van der Waals surface area contributed by atoms with Crippen molar-refractivity contribution in [2.75, 3.05) is 20.8 Å². The highest BCUT2D eigenvalue weighted by Crippen LogP contribution is 2.44. The Morgan fingerprint density at radius 1 is 1.08 bits per heavy atom. The standard InChI is InChI=1S/C21H24BrNO2S/c1-24-17-9-8-16(11-18(17)25-2)26-19-10-15-13-23(21(19)20(15)22)12-14-6-4-3-5-7-14/h3-9,11,15,19-21H,10,12-13H2,1-2H3/p+1/t15-,19+,20+,21-/m0/s1. The van der Waals surface area contributed by atoms with Gasteiger partial charge in [-0.05, 0) is 24.6 Å². The van der Waals surface area contributed by atoms with Crippen LogP contribution in [0.1, 0.15) is 12.0 Å². The van der Waals surface area contributed by atoms with Crippen LogP contribution in [0.5, 0.6) is 11.5 Å². The van der Waals surface area contributed by atoms with E-state index in [1.165, 1.54) is 23.4 Å². The van der Waals surface area contributed by atoms with E-state index in [1.807, 2.05) is 17.8 Å². The van der Waals surface area contributed by atoms with Gasteiger partial charge in [-0.2, -0.15) is 0 Å². The number of alkyl halides is 1. The Hall–Kier alpha value is -1.17. The van der Waals surface area contributed by atoms with Crippen LogP contribution in [0.4, 0.5) is 0 Å². The monoisotopic (exact) mass is 434 g/mol. The predicted octanol–water partition coefficient (Wildman–Crippen LogP) is 3.42. The maximum absolute atomic E-state index is 5.47. The first-order valence-corrected chi connectivity index (χ1v) is 10.9. The van der Waals surface area contributed by atoms with E-state index in [0.717, 1.165) is 24.0 Å². The van der Waals surface area contributed by atoms with Crippen LogP contribution >= 0.6 is 27.7 Å². The molecule has 138 valence electrons. The highest BCUT2D eigenvalue weighted by molar-refractivity contribution is 9.09. The normalized spacial score (nSPS) is 29.7. The third-order valence-corrected chi connectivity index (χ3v) is 8.27. The molecule has 1 heterocycles. The van der Waals surface area contributed by atoms with Crippen LogP contribution in [0.25, 0.3) is 0 Å². The maximum atomic E-state index is 5.47.